The van der Waals surface area contributed by atoms with Gasteiger partial charge in [0.2, 0.25) is 5.82 Å². The summed E-state index contributed by atoms with van der Waals surface area (Å²) in [4.78, 5) is 9.59. The van der Waals surface area contributed by atoms with Gasteiger partial charge in [-0.1, -0.05) is 12.1 Å². The predicted molar refractivity (Wildman–Crippen MR) is 108 cm³/mol. The highest BCUT2D eigenvalue weighted by atomic mass is 19.4. The van der Waals surface area contributed by atoms with Gasteiger partial charge in [0.15, 0.2) is 0 Å². The summed E-state index contributed by atoms with van der Waals surface area (Å²) in [5.41, 5.74) is 7.61. The van der Waals surface area contributed by atoms with Crippen molar-refractivity contribution in [3.05, 3.63) is 77.5 Å². The number of nitrogens with one attached hydrogen (secondary N) is 4. The molecule has 160 valence electrons. The standard InChI is InChI=1S/C20H17F4N7/c21-15-3-1-2-4-16(15)28-8-11(7-25)5-13-6-14(17(31-13)18(26)27)12-9-29-19(30-10-12)20(22,23)24/h1-4,6-10,25,28,31H,5H2,(H3,26,27)/b11-8-,25-7?. The lowest BCUT2D eigenvalue weighted by Crippen LogP contribution is -2.13. The van der Waals surface area contributed by atoms with Crippen molar-refractivity contribution in [2.24, 2.45) is 5.73 Å². The number of nitrogens with two attached hydrogens (primary N) is 1. The summed E-state index contributed by atoms with van der Waals surface area (Å²) < 4.78 is 51.8. The number of para-hydroxylation sites is 1. The second kappa shape index (κ2) is 8.78. The highest BCUT2D eigenvalue weighted by Gasteiger charge is 2.34. The minimum atomic E-state index is -4.67. The van der Waals surface area contributed by atoms with Gasteiger partial charge in [-0.25, -0.2) is 14.4 Å². The first-order valence-electron chi connectivity index (χ1n) is 8.85. The van der Waals surface area contributed by atoms with E-state index in [1.54, 1.807) is 24.3 Å². The number of nitrogen functional groups attached to an aromatic ring is 1. The van der Waals surface area contributed by atoms with Crippen LogP contribution in [-0.2, 0) is 12.6 Å². The molecule has 1 aromatic carbocycles. The van der Waals surface area contributed by atoms with Gasteiger partial charge in [0.25, 0.3) is 0 Å². The SMILES string of the molecule is N=C/C(=C\Nc1ccccc1F)Cc1cc(-c2cnc(C(F)(F)F)nc2)c(C(=N)N)[nH]1. The Kier molecular flexibility index (Phi) is 6.14. The zero-order chi connectivity index (χ0) is 22.6. The van der Waals surface area contributed by atoms with Gasteiger partial charge in [0, 0.05) is 48.0 Å². The number of nitrogens with zero attached hydrogens (tertiary/aromatic N) is 2. The van der Waals surface area contributed by atoms with Gasteiger partial charge in [-0.2, -0.15) is 13.2 Å². The van der Waals surface area contributed by atoms with Gasteiger partial charge >= 0.3 is 6.18 Å². The Labute approximate surface area is 174 Å². The van der Waals surface area contributed by atoms with E-state index < -0.39 is 17.8 Å². The lowest BCUT2D eigenvalue weighted by molar-refractivity contribution is -0.144. The van der Waals surface area contributed by atoms with Gasteiger partial charge in [-0.3, -0.25) is 5.41 Å². The molecule has 0 atom stereocenters. The van der Waals surface area contributed by atoms with E-state index in [1.807, 2.05) is 0 Å². The number of rotatable bonds is 7. The summed E-state index contributed by atoms with van der Waals surface area (Å²) in [5.74, 6) is -2.05. The smallest absolute Gasteiger partial charge is 0.382 e. The molecule has 3 aromatic rings. The van der Waals surface area contributed by atoms with E-state index in [0.29, 0.717) is 16.8 Å². The summed E-state index contributed by atoms with van der Waals surface area (Å²) in [5, 5.41) is 18.1. The van der Waals surface area contributed by atoms with E-state index in [4.69, 9.17) is 16.6 Å². The quantitative estimate of drug-likeness (QED) is 0.219. The van der Waals surface area contributed by atoms with Crippen LogP contribution in [0.5, 0.6) is 0 Å². The number of benzene rings is 1. The Morgan fingerprint density at radius 1 is 1.19 bits per heavy atom. The van der Waals surface area contributed by atoms with Gasteiger partial charge in [-0.15, -0.1) is 0 Å². The number of halogens is 4. The third-order valence-electron chi connectivity index (χ3n) is 4.23. The fourth-order valence-electron chi connectivity index (χ4n) is 2.77. The van der Waals surface area contributed by atoms with Gasteiger partial charge in [0.1, 0.15) is 11.7 Å². The number of alkyl halides is 3. The Morgan fingerprint density at radius 3 is 2.45 bits per heavy atom. The van der Waals surface area contributed by atoms with Crippen LogP contribution in [0.4, 0.5) is 23.2 Å². The minimum absolute atomic E-state index is 0.185. The van der Waals surface area contributed by atoms with Crippen LogP contribution in [0.25, 0.3) is 11.1 Å². The molecule has 7 nitrogen and oxygen atoms in total. The molecule has 0 saturated carbocycles. The van der Waals surface area contributed by atoms with E-state index >= 15 is 0 Å². The van der Waals surface area contributed by atoms with E-state index in [2.05, 4.69) is 20.3 Å². The molecular formula is C20H17F4N7. The molecule has 0 aliphatic rings. The fourth-order valence-corrected chi connectivity index (χ4v) is 2.77. The number of hydrogen-bond acceptors (Lipinski definition) is 5. The Balaban J connectivity index is 1.87. The summed E-state index contributed by atoms with van der Waals surface area (Å²) in [6.45, 7) is 0. The van der Waals surface area contributed by atoms with Crippen molar-refractivity contribution in [2.45, 2.75) is 12.6 Å². The molecule has 0 aliphatic carbocycles. The van der Waals surface area contributed by atoms with Crippen LogP contribution < -0.4 is 11.1 Å². The molecule has 0 spiro atoms. The number of H-pyrrole nitrogens is 1. The normalized spacial score (nSPS) is 11.9. The Hall–Kier alpha value is -4.02. The second-order valence-electron chi connectivity index (χ2n) is 6.45. The number of anilines is 1. The zero-order valence-electron chi connectivity index (χ0n) is 15.9. The van der Waals surface area contributed by atoms with Crippen molar-refractivity contribution in [3.8, 4) is 11.1 Å². The lowest BCUT2D eigenvalue weighted by atomic mass is 10.1. The summed E-state index contributed by atoms with van der Waals surface area (Å²) in [6, 6.07) is 7.63. The number of hydrogen-bond donors (Lipinski definition) is 5. The van der Waals surface area contributed by atoms with E-state index in [9.17, 15) is 17.6 Å². The van der Waals surface area contributed by atoms with Crippen LogP contribution in [0.15, 0.2) is 54.5 Å². The zero-order valence-corrected chi connectivity index (χ0v) is 15.9. The van der Waals surface area contributed by atoms with E-state index in [0.717, 1.165) is 18.6 Å². The van der Waals surface area contributed by atoms with Crippen LogP contribution in [0.2, 0.25) is 0 Å². The molecule has 0 bridgehead atoms. The van der Waals surface area contributed by atoms with E-state index in [1.165, 1.54) is 12.3 Å². The lowest BCUT2D eigenvalue weighted by Gasteiger charge is -2.05. The van der Waals surface area contributed by atoms with Crippen molar-refractivity contribution >= 4 is 17.7 Å². The fraction of sp³-hybridized carbons (Fsp3) is 0.100. The maximum Gasteiger partial charge on any atom is 0.451 e. The first kappa shape index (κ1) is 21.7. The molecule has 0 radical (unpaired) electrons. The first-order valence-corrected chi connectivity index (χ1v) is 8.85. The molecule has 31 heavy (non-hydrogen) atoms. The average molecular weight is 431 g/mol. The molecule has 0 saturated heterocycles. The van der Waals surface area contributed by atoms with E-state index in [-0.39, 0.29) is 29.2 Å². The van der Waals surface area contributed by atoms with Crippen molar-refractivity contribution in [2.75, 3.05) is 5.32 Å². The van der Waals surface area contributed by atoms with Crippen molar-refractivity contribution in [3.63, 3.8) is 0 Å². The van der Waals surface area contributed by atoms with Crippen LogP contribution in [0.1, 0.15) is 17.2 Å². The summed E-state index contributed by atoms with van der Waals surface area (Å²) in [6.07, 6.45) is 0.0567. The number of aromatic nitrogens is 3. The largest absolute Gasteiger partial charge is 0.451 e. The second-order valence-corrected chi connectivity index (χ2v) is 6.45. The topological polar surface area (TPSA) is 127 Å². The molecule has 0 unspecified atom stereocenters. The molecule has 6 N–H and O–H groups in total. The first-order chi connectivity index (χ1) is 14.7. The van der Waals surface area contributed by atoms with Crippen molar-refractivity contribution < 1.29 is 17.6 Å². The molecule has 0 aliphatic heterocycles. The molecule has 2 aromatic heterocycles. The molecule has 3 rings (SSSR count). The molecular weight excluding hydrogens is 414 g/mol. The maximum atomic E-state index is 13.7. The third-order valence-corrected chi connectivity index (χ3v) is 4.23. The van der Waals surface area contributed by atoms with Gasteiger partial charge < -0.3 is 21.4 Å². The highest BCUT2D eigenvalue weighted by Crippen LogP contribution is 2.29. The Morgan fingerprint density at radius 2 is 1.87 bits per heavy atom. The van der Waals surface area contributed by atoms with Crippen molar-refractivity contribution in [1.82, 2.24) is 15.0 Å². The van der Waals surface area contributed by atoms with Crippen LogP contribution >= 0.6 is 0 Å². The molecule has 0 amide bonds. The number of amidine groups is 1. The highest BCUT2D eigenvalue weighted by molar-refractivity contribution is 6.00. The Bertz CT molecular complexity index is 1130. The minimum Gasteiger partial charge on any atom is -0.382 e. The van der Waals surface area contributed by atoms with Crippen LogP contribution in [0.3, 0.4) is 0 Å². The third kappa shape index (κ3) is 5.13. The van der Waals surface area contributed by atoms with Gasteiger partial charge in [-0.05, 0) is 23.8 Å². The van der Waals surface area contributed by atoms with Crippen molar-refractivity contribution in [1.29, 1.82) is 10.8 Å². The monoisotopic (exact) mass is 431 g/mol. The molecule has 11 heteroatoms. The number of aromatic amines is 1. The summed E-state index contributed by atoms with van der Waals surface area (Å²) >= 11 is 0. The molecule has 2 heterocycles. The predicted octanol–water partition coefficient (Wildman–Crippen LogP) is 4.10. The average Bonchev–Trinajstić information content (AvgIpc) is 3.16. The van der Waals surface area contributed by atoms with Crippen LogP contribution in [0, 0.1) is 16.6 Å². The summed E-state index contributed by atoms with van der Waals surface area (Å²) in [7, 11) is 0. The maximum absolute atomic E-state index is 13.7. The molecule has 0 fully saturated rings. The van der Waals surface area contributed by atoms with Gasteiger partial charge in [0.05, 0.1) is 11.4 Å². The number of allylic oxidation sites excluding steroid dienone is 1. The van der Waals surface area contributed by atoms with Crippen LogP contribution in [-0.4, -0.2) is 27.0 Å².